The zero-order valence-electron chi connectivity index (χ0n) is 10.2. The number of carbonyl (C=O) groups excluding carboxylic acids is 1. The quantitative estimate of drug-likeness (QED) is 0.746. The molecule has 0 unspecified atom stereocenters. The van der Waals surface area contributed by atoms with E-state index in [1.807, 2.05) is 0 Å². The topological polar surface area (TPSA) is 38.3 Å². The van der Waals surface area contributed by atoms with Gasteiger partial charge in [0.25, 0.3) is 0 Å². The minimum atomic E-state index is 0.0167. The third-order valence-electron chi connectivity index (χ3n) is 4.01. The Bertz CT molecular complexity index is 236. The predicted molar refractivity (Wildman–Crippen MR) is 63.1 cm³/mol. The molecule has 0 aromatic heterocycles. The van der Waals surface area contributed by atoms with E-state index in [4.69, 9.17) is 4.74 Å². The van der Waals surface area contributed by atoms with E-state index in [1.165, 1.54) is 32.1 Å². The van der Waals surface area contributed by atoms with Crippen molar-refractivity contribution in [3.63, 3.8) is 0 Å². The Labute approximate surface area is 97.9 Å². The molecule has 2 rings (SSSR count). The Kier molecular flexibility index (Phi) is 4.22. The van der Waals surface area contributed by atoms with Crippen molar-refractivity contribution in [1.29, 1.82) is 0 Å². The van der Waals surface area contributed by atoms with Gasteiger partial charge in [0.2, 0.25) is 0 Å². The van der Waals surface area contributed by atoms with E-state index in [-0.39, 0.29) is 11.9 Å². The van der Waals surface area contributed by atoms with E-state index >= 15 is 0 Å². The van der Waals surface area contributed by atoms with E-state index < -0.39 is 0 Å². The smallest absolute Gasteiger partial charge is 0.310 e. The zero-order chi connectivity index (χ0) is 11.4. The van der Waals surface area contributed by atoms with Crippen molar-refractivity contribution < 1.29 is 9.53 Å². The first-order valence-electron chi connectivity index (χ1n) is 6.64. The first-order valence-corrected chi connectivity index (χ1v) is 6.64. The second kappa shape index (κ2) is 5.67. The minimum Gasteiger partial charge on any atom is -0.465 e. The Morgan fingerprint density at radius 1 is 1.25 bits per heavy atom. The van der Waals surface area contributed by atoms with Gasteiger partial charge in [-0.15, -0.1) is 0 Å². The highest BCUT2D eigenvalue weighted by Gasteiger charge is 2.31. The van der Waals surface area contributed by atoms with Gasteiger partial charge in [-0.3, -0.25) is 4.79 Å². The predicted octanol–water partition coefficient (Wildman–Crippen LogP) is 1.97. The van der Waals surface area contributed by atoms with Crippen LogP contribution in [-0.4, -0.2) is 25.7 Å². The fourth-order valence-electron chi connectivity index (χ4n) is 2.79. The van der Waals surface area contributed by atoms with Gasteiger partial charge in [0.15, 0.2) is 0 Å². The third-order valence-corrected chi connectivity index (χ3v) is 4.01. The SMILES string of the molecule is C[C@@H]1CNC[C@H]1C(=O)OCC1CCCCC1. The average Bonchev–Trinajstić information content (AvgIpc) is 2.74. The molecule has 1 aliphatic carbocycles. The number of hydrogen-bond acceptors (Lipinski definition) is 3. The van der Waals surface area contributed by atoms with Crippen LogP contribution in [0.25, 0.3) is 0 Å². The third kappa shape index (κ3) is 2.97. The molecule has 1 saturated heterocycles. The fourth-order valence-corrected chi connectivity index (χ4v) is 2.79. The maximum atomic E-state index is 11.8. The van der Waals surface area contributed by atoms with Crippen LogP contribution >= 0.6 is 0 Å². The van der Waals surface area contributed by atoms with E-state index in [1.54, 1.807) is 0 Å². The second-order valence-electron chi connectivity index (χ2n) is 5.38. The molecular weight excluding hydrogens is 202 g/mol. The molecule has 92 valence electrons. The first-order chi connectivity index (χ1) is 7.77. The van der Waals surface area contributed by atoms with Crippen LogP contribution in [-0.2, 0) is 9.53 Å². The molecule has 1 N–H and O–H groups in total. The lowest BCUT2D eigenvalue weighted by atomic mass is 9.90. The molecule has 2 fully saturated rings. The summed E-state index contributed by atoms with van der Waals surface area (Å²) in [5.74, 6) is 1.16. The molecule has 2 atom stereocenters. The van der Waals surface area contributed by atoms with Crippen molar-refractivity contribution in [3.05, 3.63) is 0 Å². The van der Waals surface area contributed by atoms with Crippen molar-refractivity contribution in [3.8, 4) is 0 Å². The van der Waals surface area contributed by atoms with Crippen LogP contribution in [0.2, 0.25) is 0 Å². The number of ether oxygens (including phenoxy) is 1. The second-order valence-corrected chi connectivity index (χ2v) is 5.38. The Morgan fingerprint density at radius 3 is 2.62 bits per heavy atom. The van der Waals surface area contributed by atoms with Crippen LogP contribution < -0.4 is 5.32 Å². The van der Waals surface area contributed by atoms with E-state index in [0.29, 0.717) is 18.4 Å². The van der Waals surface area contributed by atoms with Crippen molar-refractivity contribution >= 4 is 5.97 Å². The van der Waals surface area contributed by atoms with E-state index in [0.717, 1.165) is 13.1 Å². The number of rotatable bonds is 3. The van der Waals surface area contributed by atoms with Gasteiger partial charge in [0, 0.05) is 6.54 Å². The molecule has 16 heavy (non-hydrogen) atoms. The van der Waals surface area contributed by atoms with Gasteiger partial charge >= 0.3 is 5.97 Å². The molecule has 1 aliphatic heterocycles. The van der Waals surface area contributed by atoms with Gasteiger partial charge in [-0.2, -0.15) is 0 Å². The summed E-state index contributed by atoms with van der Waals surface area (Å²) in [6, 6.07) is 0. The monoisotopic (exact) mass is 225 g/mol. The summed E-state index contributed by atoms with van der Waals surface area (Å²) in [6.07, 6.45) is 6.46. The highest BCUT2D eigenvalue weighted by Crippen LogP contribution is 2.24. The summed E-state index contributed by atoms with van der Waals surface area (Å²) in [5.41, 5.74) is 0. The normalized spacial score (nSPS) is 31.6. The van der Waals surface area contributed by atoms with Crippen molar-refractivity contribution in [1.82, 2.24) is 5.32 Å². The van der Waals surface area contributed by atoms with Gasteiger partial charge < -0.3 is 10.1 Å². The van der Waals surface area contributed by atoms with Crippen molar-refractivity contribution in [2.45, 2.75) is 39.0 Å². The molecule has 3 heteroatoms. The molecule has 0 bridgehead atoms. The summed E-state index contributed by atoms with van der Waals surface area (Å²) in [6.45, 7) is 4.52. The Morgan fingerprint density at radius 2 is 2.00 bits per heavy atom. The maximum Gasteiger partial charge on any atom is 0.310 e. The van der Waals surface area contributed by atoms with E-state index in [2.05, 4.69) is 12.2 Å². The largest absolute Gasteiger partial charge is 0.465 e. The minimum absolute atomic E-state index is 0.0167. The number of carbonyl (C=O) groups is 1. The van der Waals surface area contributed by atoms with E-state index in [9.17, 15) is 4.79 Å². The lowest BCUT2D eigenvalue weighted by Crippen LogP contribution is -2.26. The summed E-state index contributed by atoms with van der Waals surface area (Å²) in [5, 5.41) is 3.24. The van der Waals surface area contributed by atoms with Gasteiger partial charge in [0.1, 0.15) is 0 Å². The molecule has 1 saturated carbocycles. The van der Waals surface area contributed by atoms with Crippen LogP contribution in [0.4, 0.5) is 0 Å². The molecule has 0 aromatic carbocycles. The van der Waals surface area contributed by atoms with Crippen molar-refractivity contribution in [2.24, 2.45) is 17.8 Å². The molecular formula is C13H23NO2. The standard InChI is InChI=1S/C13H23NO2/c1-10-7-14-8-12(10)13(15)16-9-11-5-3-2-4-6-11/h10-12,14H,2-9H2,1H3/t10-,12-/m1/s1. The number of nitrogens with one attached hydrogen (secondary N) is 1. The van der Waals surface area contributed by atoms with Crippen LogP contribution in [0.3, 0.4) is 0 Å². The molecule has 2 aliphatic rings. The van der Waals surface area contributed by atoms with Crippen LogP contribution in [0.15, 0.2) is 0 Å². The summed E-state index contributed by atoms with van der Waals surface area (Å²) in [4.78, 5) is 11.8. The highest BCUT2D eigenvalue weighted by molar-refractivity contribution is 5.73. The summed E-state index contributed by atoms with van der Waals surface area (Å²) >= 11 is 0. The van der Waals surface area contributed by atoms with Gasteiger partial charge in [-0.05, 0) is 31.2 Å². The molecule has 0 radical (unpaired) electrons. The lowest BCUT2D eigenvalue weighted by molar-refractivity contribution is -0.150. The fraction of sp³-hybridized carbons (Fsp3) is 0.923. The lowest BCUT2D eigenvalue weighted by Gasteiger charge is -2.22. The van der Waals surface area contributed by atoms with Gasteiger partial charge in [0.05, 0.1) is 12.5 Å². The molecule has 0 amide bonds. The molecule has 3 nitrogen and oxygen atoms in total. The van der Waals surface area contributed by atoms with Gasteiger partial charge in [-0.25, -0.2) is 0 Å². The molecule has 0 aromatic rings. The summed E-state index contributed by atoms with van der Waals surface area (Å²) < 4.78 is 5.46. The average molecular weight is 225 g/mol. The molecule has 0 spiro atoms. The maximum absolute atomic E-state index is 11.8. The Hall–Kier alpha value is -0.570. The van der Waals surface area contributed by atoms with Crippen LogP contribution in [0.5, 0.6) is 0 Å². The summed E-state index contributed by atoms with van der Waals surface area (Å²) in [7, 11) is 0. The highest BCUT2D eigenvalue weighted by atomic mass is 16.5. The molecule has 1 heterocycles. The zero-order valence-corrected chi connectivity index (χ0v) is 10.2. The van der Waals surface area contributed by atoms with Crippen LogP contribution in [0.1, 0.15) is 39.0 Å². The Balaban J connectivity index is 1.70. The number of esters is 1. The van der Waals surface area contributed by atoms with Crippen molar-refractivity contribution in [2.75, 3.05) is 19.7 Å². The number of hydrogen-bond donors (Lipinski definition) is 1. The van der Waals surface area contributed by atoms with Crippen LogP contribution in [0, 0.1) is 17.8 Å². The first kappa shape index (κ1) is 11.9. The van der Waals surface area contributed by atoms with Gasteiger partial charge in [-0.1, -0.05) is 26.2 Å².